The summed E-state index contributed by atoms with van der Waals surface area (Å²) in [4.78, 5) is 0. The summed E-state index contributed by atoms with van der Waals surface area (Å²) in [6, 6.07) is 12.7. The molecule has 0 fully saturated rings. The van der Waals surface area contributed by atoms with Gasteiger partial charge in [-0.05, 0) is 42.2 Å². The van der Waals surface area contributed by atoms with E-state index in [4.69, 9.17) is 4.42 Å². The van der Waals surface area contributed by atoms with E-state index in [2.05, 4.69) is 45.0 Å². The van der Waals surface area contributed by atoms with Gasteiger partial charge in [-0.1, -0.05) is 32.0 Å². The molecule has 1 heteroatoms. The maximum atomic E-state index is 5.87. The first-order valence-electron chi connectivity index (χ1n) is 6.08. The highest BCUT2D eigenvalue weighted by Gasteiger charge is 2.10. The molecule has 0 amide bonds. The normalized spacial score (nSPS) is 11.8. The molecule has 3 aromatic rings. The van der Waals surface area contributed by atoms with Gasteiger partial charge in [0.05, 0.1) is 0 Å². The van der Waals surface area contributed by atoms with E-state index in [1.807, 2.05) is 12.1 Å². The predicted molar refractivity (Wildman–Crippen MR) is 72.5 cm³/mol. The maximum Gasteiger partial charge on any atom is 0.135 e. The Morgan fingerprint density at radius 3 is 2.47 bits per heavy atom. The molecule has 1 heterocycles. The molecule has 0 spiro atoms. The van der Waals surface area contributed by atoms with Crippen molar-refractivity contribution in [1.29, 1.82) is 0 Å². The lowest BCUT2D eigenvalue weighted by Crippen LogP contribution is -1.91. The average Bonchev–Trinajstić information content (AvgIpc) is 2.64. The summed E-state index contributed by atoms with van der Waals surface area (Å²) in [6.07, 6.45) is 0. The first-order chi connectivity index (χ1) is 8.16. The lowest BCUT2D eigenvalue weighted by molar-refractivity contribution is 0.668. The van der Waals surface area contributed by atoms with Gasteiger partial charge in [0.25, 0.3) is 0 Å². The molecule has 1 aromatic heterocycles. The van der Waals surface area contributed by atoms with Crippen LogP contribution in [0, 0.1) is 6.92 Å². The van der Waals surface area contributed by atoms with Crippen molar-refractivity contribution in [3.05, 3.63) is 47.5 Å². The monoisotopic (exact) mass is 224 g/mol. The molecular weight excluding hydrogens is 208 g/mol. The smallest absolute Gasteiger partial charge is 0.135 e. The molecule has 0 saturated heterocycles. The summed E-state index contributed by atoms with van der Waals surface area (Å²) in [5, 5.41) is 2.44. The summed E-state index contributed by atoms with van der Waals surface area (Å²) in [6.45, 7) is 6.62. The Kier molecular flexibility index (Phi) is 2.22. The second-order valence-corrected chi connectivity index (χ2v) is 4.96. The number of benzene rings is 2. The summed E-state index contributed by atoms with van der Waals surface area (Å²) in [7, 11) is 0. The van der Waals surface area contributed by atoms with E-state index in [1.54, 1.807) is 0 Å². The summed E-state index contributed by atoms with van der Waals surface area (Å²) in [5.74, 6) is 0.549. The van der Waals surface area contributed by atoms with Gasteiger partial charge in [-0.3, -0.25) is 0 Å². The minimum atomic E-state index is 0.549. The van der Waals surface area contributed by atoms with Crippen molar-refractivity contribution < 1.29 is 4.42 Å². The fourth-order valence-corrected chi connectivity index (χ4v) is 2.51. The highest BCUT2D eigenvalue weighted by atomic mass is 16.3. The minimum absolute atomic E-state index is 0.549. The van der Waals surface area contributed by atoms with Crippen LogP contribution in [-0.4, -0.2) is 0 Å². The van der Waals surface area contributed by atoms with Crippen molar-refractivity contribution >= 4 is 21.9 Å². The Hall–Kier alpha value is -1.76. The number of hydrogen-bond acceptors (Lipinski definition) is 1. The molecular formula is C16H16O. The van der Waals surface area contributed by atoms with Crippen molar-refractivity contribution in [2.24, 2.45) is 0 Å². The van der Waals surface area contributed by atoms with E-state index in [1.165, 1.54) is 21.9 Å². The fraction of sp³-hybridized carbons (Fsp3) is 0.250. The van der Waals surface area contributed by atoms with Crippen LogP contribution in [-0.2, 0) is 0 Å². The van der Waals surface area contributed by atoms with Crippen LogP contribution in [0.2, 0.25) is 0 Å². The van der Waals surface area contributed by atoms with Gasteiger partial charge in [-0.2, -0.15) is 0 Å². The number of para-hydroxylation sites is 1. The molecule has 0 bridgehead atoms. The zero-order chi connectivity index (χ0) is 12.0. The second kappa shape index (κ2) is 3.63. The molecule has 0 N–H and O–H groups in total. The molecule has 0 aliphatic carbocycles. The van der Waals surface area contributed by atoms with E-state index in [-0.39, 0.29) is 0 Å². The van der Waals surface area contributed by atoms with E-state index in [9.17, 15) is 0 Å². The van der Waals surface area contributed by atoms with Crippen LogP contribution in [0.4, 0.5) is 0 Å². The van der Waals surface area contributed by atoms with Crippen LogP contribution < -0.4 is 0 Å². The third-order valence-corrected chi connectivity index (χ3v) is 3.39. The molecule has 0 radical (unpaired) electrons. The summed E-state index contributed by atoms with van der Waals surface area (Å²) < 4.78 is 5.87. The van der Waals surface area contributed by atoms with Crippen LogP contribution in [0.5, 0.6) is 0 Å². The summed E-state index contributed by atoms with van der Waals surface area (Å²) in [5.41, 5.74) is 4.69. The van der Waals surface area contributed by atoms with Crippen LogP contribution in [0.3, 0.4) is 0 Å². The number of hydrogen-bond donors (Lipinski definition) is 0. The Bertz CT molecular complexity index is 689. The van der Waals surface area contributed by atoms with Crippen LogP contribution >= 0.6 is 0 Å². The van der Waals surface area contributed by atoms with Gasteiger partial charge in [-0.15, -0.1) is 0 Å². The Morgan fingerprint density at radius 1 is 0.941 bits per heavy atom. The Labute approximate surface area is 101 Å². The van der Waals surface area contributed by atoms with Gasteiger partial charge in [0.1, 0.15) is 11.2 Å². The lowest BCUT2D eigenvalue weighted by Gasteiger charge is -2.09. The largest absolute Gasteiger partial charge is 0.456 e. The molecule has 0 aliphatic rings. The number of aryl methyl sites for hydroxylation is 1. The van der Waals surface area contributed by atoms with E-state index in [0.29, 0.717) is 5.92 Å². The quantitative estimate of drug-likeness (QED) is 0.565. The van der Waals surface area contributed by atoms with Crippen LogP contribution in [0.25, 0.3) is 21.9 Å². The van der Waals surface area contributed by atoms with Gasteiger partial charge in [0.2, 0.25) is 0 Å². The number of rotatable bonds is 1. The van der Waals surface area contributed by atoms with Gasteiger partial charge < -0.3 is 4.42 Å². The molecule has 0 saturated carbocycles. The molecule has 2 aromatic carbocycles. The Morgan fingerprint density at radius 2 is 1.71 bits per heavy atom. The molecule has 3 rings (SSSR count). The number of fused-ring (bicyclic) bond motifs is 3. The van der Waals surface area contributed by atoms with Gasteiger partial charge in [0.15, 0.2) is 0 Å². The molecule has 86 valence electrons. The fourth-order valence-electron chi connectivity index (χ4n) is 2.51. The molecule has 0 aliphatic heterocycles. The van der Waals surface area contributed by atoms with Crippen LogP contribution in [0.1, 0.15) is 30.9 Å². The Balaban J connectivity index is 2.43. The van der Waals surface area contributed by atoms with Crippen molar-refractivity contribution in [3.63, 3.8) is 0 Å². The standard InChI is InChI=1S/C16H16O/c1-10(2)13-9-14-12-6-4-5-7-15(12)17-16(14)8-11(13)3/h4-10H,1-3H3. The predicted octanol–water partition coefficient (Wildman–Crippen LogP) is 5.02. The molecule has 0 unspecified atom stereocenters. The topological polar surface area (TPSA) is 13.1 Å². The maximum absolute atomic E-state index is 5.87. The third kappa shape index (κ3) is 1.54. The van der Waals surface area contributed by atoms with Crippen molar-refractivity contribution in [2.75, 3.05) is 0 Å². The summed E-state index contributed by atoms with van der Waals surface area (Å²) >= 11 is 0. The average molecular weight is 224 g/mol. The molecule has 1 nitrogen and oxygen atoms in total. The first-order valence-corrected chi connectivity index (χ1v) is 6.08. The van der Waals surface area contributed by atoms with Gasteiger partial charge in [0, 0.05) is 10.8 Å². The number of furan rings is 1. The van der Waals surface area contributed by atoms with E-state index >= 15 is 0 Å². The van der Waals surface area contributed by atoms with Crippen molar-refractivity contribution in [1.82, 2.24) is 0 Å². The third-order valence-electron chi connectivity index (χ3n) is 3.39. The van der Waals surface area contributed by atoms with E-state index in [0.717, 1.165) is 11.2 Å². The first kappa shape index (κ1) is 10.4. The van der Waals surface area contributed by atoms with E-state index < -0.39 is 0 Å². The SMILES string of the molecule is Cc1cc2oc3ccccc3c2cc1C(C)C. The second-order valence-electron chi connectivity index (χ2n) is 4.96. The molecule has 17 heavy (non-hydrogen) atoms. The zero-order valence-corrected chi connectivity index (χ0v) is 10.4. The highest BCUT2D eigenvalue weighted by molar-refractivity contribution is 6.05. The van der Waals surface area contributed by atoms with Crippen molar-refractivity contribution in [2.45, 2.75) is 26.7 Å². The van der Waals surface area contributed by atoms with Gasteiger partial charge in [-0.25, -0.2) is 0 Å². The van der Waals surface area contributed by atoms with Gasteiger partial charge >= 0.3 is 0 Å². The minimum Gasteiger partial charge on any atom is -0.456 e. The lowest BCUT2D eigenvalue weighted by atomic mass is 9.96. The highest BCUT2D eigenvalue weighted by Crippen LogP contribution is 2.32. The van der Waals surface area contributed by atoms with Crippen LogP contribution in [0.15, 0.2) is 40.8 Å². The zero-order valence-electron chi connectivity index (χ0n) is 10.4. The van der Waals surface area contributed by atoms with Crippen molar-refractivity contribution in [3.8, 4) is 0 Å². The molecule has 0 atom stereocenters.